The number of pyridine rings is 1. The number of ketones is 1. The maximum absolute atomic E-state index is 13.3. The van der Waals surface area contributed by atoms with E-state index < -0.39 is 17.5 Å². The number of aryl methyl sites for hydroxylation is 1. The maximum atomic E-state index is 13.3. The second kappa shape index (κ2) is 10.5. The Hall–Kier alpha value is -2.94. The van der Waals surface area contributed by atoms with Gasteiger partial charge in [-0.3, -0.25) is 10.2 Å². The molecule has 1 aromatic heterocycles. The van der Waals surface area contributed by atoms with Gasteiger partial charge in [0.15, 0.2) is 23.4 Å². The fourth-order valence-corrected chi connectivity index (χ4v) is 3.71. The summed E-state index contributed by atoms with van der Waals surface area (Å²) in [7, 11) is 1.46. The summed E-state index contributed by atoms with van der Waals surface area (Å²) < 4.78 is 11.2. The van der Waals surface area contributed by atoms with Gasteiger partial charge in [-0.2, -0.15) is 0 Å². The largest absolute Gasteiger partial charge is 0.493 e. The number of rotatable bonds is 8. The van der Waals surface area contributed by atoms with Crippen LogP contribution in [0, 0.1) is 5.41 Å². The average molecular weight is 534 g/mol. The van der Waals surface area contributed by atoms with Crippen LogP contribution in [0.3, 0.4) is 0 Å². The summed E-state index contributed by atoms with van der Waals surface area (Å²) in [6.07, 6.45) is -0.297. The molecule has 0 saturated carbocycles. The number of ether oxygens (including phenoxy) is 2. The zero-order valence-electron chi connectivity index (χ0n) is 20.4. The molecule has 184 valence electrons. The number of nitrogens with one attached hydrogen (secondary N) is 1. The van der Waals surface area contributed by atoms with Crippen LogP contribution >= 0.6 is 17.0 Å². The summed E-state index contributed by atoms with van der Waals surface area (Å²) in [6, 6.07) is 7.22. The normalized spacial score (nSPS) is 13.7. The van der Waals surface area contributed by atoms with E-state index >= 15 is 0 Å². The second-order valence-electron chi connectivity index (χ2n) is 9.20. The number of methoxy groups -OCH3 is 1. The van der Waals surface area contributed by atoms with Gasteiger partial charge in [0.25, 0.3) is 0 Å². The van der Waals surface area contributed by atoms with Crippen molar-refractivity contribution in [1.82, 2.24) is 9.88 Å². The molecule has 1 atom stereocenters. The van der Waals surface area contributed by atoms with Crippen molar-refractivity contribution in [3.63, 3.8) is 0 Å². The Bertz CT molecular complexity index is 1110. The van der Waals surface area contributed by atoms with Crippen LogP contribution in [0.4, 0.5) is 0 Å². The number of carbonyl (C=O) groups is 2. The number of aliphatic carboxylic acids is 1. The number of benzene rings is 1. The molecule has 2 aromatic rings. The smallest absolute Gasteiger partial charge is 0.344 e. The zero-order valence-corrected chi connectivity index (χ0v) is 22.1. The Labute approximate surface area is 210 Å². The van der Waals surface area contributed by atoms with E-state index in [0.29, 0.717) is 34.9 Å². The quantitative estimate of drug-likeness (QED) is 0.483. The summed E-state index contributed by atoms with van der Waals surface area (Å²) in [6.45, 7) is 9.81. The number of halogens is 1. The van der Waals surface area contributed by atoms with Gasteiger partial charge in [0.2, 0.25) is 0 Å². The van der Waals surface area contributed by atoms with Crippen LogP contribution < -0.4 is 9.47 Å². The first kappa shape index (κ1) is 27.3. The Balaban J connectivity index is 0.00000408. The minimum atomic E-state index is -1.09. The van der Waals surface area contributed by atoms with E-state index in [1.165, 1.54) is 14.0 Å². The average Bonchev–Trinajstić information content (AvgIpc) is 3.07. The van der Waals surface area contributed by atoms with Crippen LogP contribution in [0.5, 0.6) is 11.5 Å². The van der Waals surface area contributed by atoms with Crippen LogP contribution in [0.25, 0.3) is 0 Å². The molecule has 1 aliphatic heterocycles. The highest BCUT2D eigenvalue weighted by molar-refractivity contribution is 8.93. The fourth-order valence-electron chi connectivity index (χ4n) is 3.71. The zero-order chi connectivity index (χ0) is 24.5. The lowest BCUT2D eigenvalue weighted by Gasteiger charge is -2.26. The van der Waals surface area contributed by atoms with Gasteiger partial charge >= 0.3 is 5.97 Å². The molecule has 2 heterocycles. The summed E-state index contributed by atoms with van der Waals surface area (Å²) in [4.78, 5) is 30.9. The van der Waals surface area contributed by atoms with Gasteiger partial charge in [-0.05, 0) is 37.0 Å². The lowest BCUT2D eigenvalue weighted by atomic mass is 9.84. The van der Waals surface area contributed by atoms with Crippen LogP contribution in [0.15, 0.2) is 24.3 Å². The number of carboxylic acid groups (broad SMARTS) is 1. The van der Waals surface area contributed by atoms with Gasteiger partial charge in [0.1, 0.15) is 11.5 Å². The molecule has 0 spiro atoms. The highest BCUT2D eigenvalue weighted by atomic mass is 79.9. The molecule has 3 rings (SSSR count). The highest BCUT2D eigenvalue weighted by Gasteiger charge is 2.30. The Morgan fingerprint density at radius 1 is 1.26 bits per heavy atom. The van der Waals surface area contributed by atoms with Crippen LogP contribution in [-0.2, 0) is 23.2 Å². The molecule has 34 heavy (non-hydrogen) atoms. The molecule has 9 heteroatoms. The molecular formula is C25H32BrN3O5. The molecule has 0 aliphatic carbocycles. The Morgan fingerprint density at radius 3 is 2.50 bits per heavy atom. The van der Waals surface area contributed by atoms with Crippen molar-refractivity contribution in [2.75, 3.05) is 13.7 Å². The fraction of sp³-hybridized carbons (Fsp3) is 0.440. The van der Waals surface area contributed by atoms with Crippen molar-refractivity contribution in [3.8, 4) is 11.5 Å². The number of carboxylic acids is 1. The van der Waals surface area contributed by atoms with E-state index in [9.17, 15) is 14.7 Å². The van der Waals surface area contributed by atoms with Gasteiger partial charge in [-0.1, -0.05) is 33.8 Å². The third-order valence-corrected chi connectivity index (χ3v) is 5.68. The predicted octanol–water partition coefficient (Wildman–Crippen LogP) is 4.40. The maximum Gasteiger partial charge on any atom is 0.344 e. The predicted molar refractivity (Wildman–Crippen MR) is 135 cm³/mol. The molecular weight excluding hydrogens is 502 g/mol. The highest BCUT2D eigenvalue weighted by Crippen LogP contribution is 2.40. The molecule has 2 N–H and O–H groups in total. The number of aromatic nitrogens is 1. The molecule has 8 nitrogen and oxygen atoms in total. The van der Waals surface area contributed by atoms with E-state index in [1.54, 1.807) is 17.0 Å². The third kappa shape index (κ3) is 5.58. The van der Waals surface area contributed by atoms with Crippen LogP contribution in [-0.4, -0.2) is 52.3 Å². The first-order chi connectivity index (χ1) is 15.5. The number of Topliss-reactive ketones (excluding diaryl/α,β-unsaturated/α-hetero) is 1. The van der Waals surface area contributed by atoms with Crippen molar-refractivity contribution in [2.24, 2.45) is 0 Å². The number of carbonyl (C=O) groups excluding carboxylic acids is 1. The summed E-state index contributed by atoms with van der Waals surface area (Å²) in [5.74, 6) is -0.414. The molecule has 0 saturated heterocycles. The van der Waals surface area contributed by atoms with Gasteiger partial charge in [-0.15, -0.1) is 17.0 Å². The molecule has 0 radical (unpaired) electrons. The monoisotopic (exact) mass is 533 g/mol. The van der Waals surface area contributed by atoms with E-state index in [2.05, 4.69) is 4.98 Å². The van der Waals surface area contributed by atoms with E-state index in [4.69, 9.17) is 14.9 Å². The Morgan fingerprint density at radius 2 is 1.94 bits per heavy atom. The van der Waals surface area contributed by atoms with Gasteiger partial charge in [0, 0.05) is 28.9 Å². The minimum absolute atomic E-state index is 0. The summed E-state index contributed by atoms with van der Waals surface area (Å²) >= 11 is 0. The van der Waals surface area contributed by atoms with E-state index in [-0.39, 0.29) is 35.1 Å². The van der Waals surface area contributed by atoms with Crippen molar-refractivity contribution >= 4 is 34.6 Å². The topological polar surface area (TPSA) is 113 Å². The second-order valence-corrected chi connectivity index (χ2v) is 9.20. The van der Waals surface area contributed by atoms with Crippen molar-refractivity contribution < 1.29 is 24.2 Å². The van der Waals surface area contributed by atoms with Crippen LogP contribution in [0.1, 0.15) is 67.5 Å². The van der Waals surface area contributed by atoms with Crippen molar-refractivity contribution in [1.29, 1.82) is 5.41 Å². The van der Waals surface area contributed by atoms with E-state index in [1.807, 2.05) is 39.8 Å². The SMILES string of the molecule is Br.CCc1ccc2c(n1)C(=N)N(CC(=O)c1cc(OC)c(OC(C)C(=O)O)c(C(C)(C)C)c1)C2. The van der Waals surface area contributed by atoms with Gasteiger partial charge < -0.3 is 19.5 Å². The van der Waals surface area contributed by atoms with Crippen LogP contribution in [0.2, 0.25) is 0 Å². The van der Waals surface area contributed by atoms with Gasteiger partial charge in [0.05, 0.1) is 13.7 Å². The minimum Gasteiger partial charge on any atom is -0.493 e. The number of amidine groups is 1. The molecule has 1 aromatic carbocycles. The number of fused-ring (bicyclic) bond motifs is 1. The molecule has 1 aliphatic rings. The first-order valence-corrected chi connectivity index (χ1v) is 10.9. The Kier molecular flexibility index (Phi) is 8.47. The molecule has 0 fully saturated rings. The number of nitrogens with zero attached hydrogens (tertiary/aromatic N) is 2. The molecule has 0 bridgehead atoms. The standard InChI is InChI=1S/C25H31N3O5.BrH/c1-7-17-9-8-15-12-28(23(26)21(15)27-17)13-19(29)16-10-18(25(3,4)5)22(20(11-16)32-6)33-14(2)24(30)31;/h8-11,14,26H,7,12-13H2,1-6H3,(H,30,31);1H. The van der Waals surface area contributed by atoms with Crippen molar-refractivity contribution in [3.05, 3.63) is 52.3 Å². The lowest BCUT2D eigenvalue weighted by molar-refractivity contribution is -0.144. The number of hydrogen-bond acceptors (Lipinski definition) is 6. The lowest BCUT2D eigenvalue weighted by Crippen LogP contribution is -2.31. The third-order valence-electron chi connectivity index (χ3n) is 5.68. The molecule has 1 unspecified atom stereocenters. The van der Waals surface area contributed by atoms with E-state index in [0.717, 1.165) is 17.7 Å². The van der Waals surface area contributed by atoms with Crippen molar-refractivity contribution in [2.45, 2.75) is 59.1 Å². The first-order valence-electron chi connectivity index (χ1n) is 10.9. The summed E-state index contributed by atoms with van der Waals surface area (Å²) in [5, 5.41) is 17.8. The van der Waals surface area contributed by atoms with Gasteiger partial charge in [-0.25, -0.2) is 9.78 Å². The summed E-state index contributed by atoms with van der Waals surface area (Å²) in [5.41, 5.74) is 3.13. The molecule has 0 amide bonds. The number of hydrogen-bond donors (Lipinski definition) is 2.